The molecule has 2 heterocycles. The largest absolute Gasteiger partial charge is 0.338 e. The van der Waals surface area contributed by atoms with Crippen molar-refractivity contribution >= 4 is 11.0 Å². The van der Waals surface area contributed by atoms with Gasteiger partial charge in [-0.3, -0.25) is 0 Å². The maximum atomic E-state index is 13.2. The molecule has 0 atom stereocenters. The molecular weight excluding hydrogens is 250 g/mol. The fraction of sp³-hybridized carbons (Fsp3) is 0.154. The molecule has 0 unspecified atom stereocenters. The molecule has 0 saturated carbocycles. The van der Waals surface area contributed by atoms with Crippen molar-refractivity contribution < 1.29 is 8.78 Å². The second-order valence-corrected chi connectivity index (χ2v) is 4.35. The molecule has 0 spiro atoms. The van der Waals surface area contributed by atoms with Gasteiger partial charge >= 0.3 is 0 Å². The Morgan fingerprint density at radius 3 is 2.53 bits per heavy atom. The number of fused-ring (bicyclic) bond motifs is 1. The minimum Gasteiger partial charge on any atom is -0.338 e. The van der Waals surface area contributed by atoms with E-state index < -0.39 is 11.6 Å². The lowest BCUT2D eigenvalue weighted by atomic mass is 10.2. The monoisotopic (exact) mass is 260 g/mol. The molecule has 2 aromatic heterocycles. The number of aromatic nitrogens is 4. The van der Waals surface area contributed by atoms with Gasteiger partial charge in [0.2, 0.25) is 0 Å². The van der Waals surface area contributed by atoms with E-state index in [2.05, 4.69) is 20.2 Å². The highest BCUT2D eigenvalue weighted by atomic mass is 19.2. The van der Waals surface area contributed by atoms with Crippen LogP contribution in [-0.2, 0) is 0 Å². The summed E-state index contributed by atoms with van der Waals surface area (Å²) in [5.74, 6) is -1.29. The summed E-state index contributed by atoms with van der Waals surface area (Å²) >= 11 is 0. The zero-order chi connectivity index (χ0) is 13.6. The van der Waals surface area contributed by atoms with Crippen LogP contribution in [0.4, 0.5) is 8.78 Å². The average Bonchev–Trinajstić information content (AvgIpc) is 2.75. The van der Waals surface area contributed by atoms with Gasteiger partial charge in [-0.15, -0.1) is 0 Å². The van der Waals surface area contributed by atoms with Crippen LogP contribution in [-0.4, -0.2) is 20.2 Å². The van der Waals surface area contributed by atoms with E-state index in [9.17, 15) is 8.78 Å². The Bertz CT molecular complexity index is 741. The van der Waals surface area contributed by atoms with Crippen LogP contribution < -0.4 is 0 Å². The van der Waals surface area contributed by atoms with Crippen LogP contribution >= 0.6 is 0 Å². The van der Waals surface area contributed by atoms with Crippen LogP contribution in [0.25, 0.3) is 22.4 Å². The Hall–Kier alpha value is -2.37. The first kappa shape index (κ1) is 11.7. The number of hydrogen-bond acceptors (Lipinski definition) is 3. The Balaban J connectivity index is 2.23. The minimum atomic E-state index is -0.911. The van der Waals surface area contributed by atoms with Crippen LogP contribution in [0, 0.1) is 25.5 Å². The number of nitrogens with one attached hydrogen (secondary N) is 1. The molecule has 3 aromatic rings. The van der Waals surface area contributed by atoms with E-state index in [4.69, 9.17) is 0 Å². The summed E-state index contributed by atoms with van der Waals surface area (Å²) in [4.78, 5) is 7.22. The summed E-state index contributed by atoms with van der Waals surface area (Å²) in [5.41, 5.74) is 3.04. The number of nitrogens with zero attached hydrogens (tertiary/aromatic N) is 3. The molecule has 3 rings (SSSR count). The first-order valence-corrected chi connectivity index (χ1v) is 5.70. The van der Waals surface area contributed by atoms with Crippen LogP contribution in [0.2, 0.25) is 0 Å². The lowest BCUT2D eigenvalue weighted by Gasteiger charge is -2.01. The average molecular weight is 260 g/mol. The number of halogens is 2. The van der Waals surface area contributed by atoms with Gasteiger partial charge in [-0.1, -0.05) is 0 Å². The molecule has 19 heavy (non-hydrogen) atoms. The van der Waals surface area contributed by atoms with Gasteiger partial charge in [0.25, 0.3) is 0 Å². The van der Waals surface area contributed by atoms with Crippen molar-refractivity contribution in [1.29, 1.82) is 0 Å². The first-order chi connectivity index (χ1) is 9.04. The van der Waals surface area contributed by atoms with E-state index in [0.29, 0.717) is 22.6 Å². The first-order valence-electron chi connectivity index (χ1n) is 5.70. The number of aryl methyl sites for hydroxylation is 2. The van der Waals surface area contributed by atoms with Gasteiger partial charge in [-0.25, -0.2) is 13.8 Å². The molecule has 0 bridgehead atoms. The van der Waals surface area contributed by atoms with Gasteiger partial charge < -0.3 is 4.98 Å². The highest BCUT2D eigenvalue weighted by Gasteiger charge is 2.12. The zero-order valence-corrected chi connectivity index (χ0v) is 10.3. The topological polar surface area (TPSA) is 54.5 Å². The maximum absolute atomic E-state index is 13.2. The van der Waals surface area contributed by atoms with Gasteiger partial charge in [0.15, 0.2) is 11.6 Å². The predicted molar refractivity (Wildman–Crippen MR) is 66.5 cm³/mol. The molecular formula is C13H10F2N4. The number of rotatable bonds is 1. The molecule has 1 aromatic carbocycles. The Morgan fingerprint density at radius 1 is 1.00 bits per heavy atom. The Kier molecular flexibility index (Phi) is 2.51. The van der Waals surface area contributed by atoms with E-state index in [1.165, 1.54) is 0 Å². The standard InChI is InChI=1S/C13H10F2N4/c1-6-3-8(7(2)19-18-6)13-16-11-4-9(14)10(15)5-12(11)17-13/h3-5H,1-2H3,(H,16,17). The van der Waals surface area contributed by atoms with E-state index in [1.807, 2.05) is 13.0 Å². The minimum absolute atomic E-state index is 0.378. The number of hydrogen-bond donors (Lipinski definition) is 1. The van der Waals surface area contributed by atoms with Crippen molar-refractivity contribution in [2.45, 2.75) is 13.8 Å². The van der Waals surface area contributed by atoms with E-state index in [-0.39, 0.29) is 0 Å². The third kappa shape index (κ3) is 1.95. The molecule has 0 radical (unpaired) electrons. The SMILES string of the molecule is Cc1cc(-c2nc3cc(F)c(F)cc3[nH]2)c(C)nn1. The molecule has 0 aliphatic carbocycles. The molecule has 6 heteroatoms. The molecule has 4 nitrogen and oxygen atoms in total. The molecule has 1 N–H and O–H groups in total. The summed E-state index contributed by atoms with van der Waals surface area (Å²) in [6.45, 7) is 3.62. The van der Waals surface area contributed by atoms with Crippen molar-refractivity contribution in [1.82, 2.24) is 20.2 Å². The summed E-state index contributed by atoms with van der Waals surface area (Å²) in [7, 11) is 0. The number of benzene rings is 1. The van der Waals surface area contributed by atoms with Crippen LogP contribution in [0.1, 0.15) is 11.4 Å². The number of imidazole rings is 1. The Morgan fingerprint density at radius 2 is 1.74 bits per heavy atom. The predicted octanol–water partition coefficient (Wildman–Crippen LogP) is 2.91. The van der Waals surface area contributed by atoms with Crippen molar-refractivity contribution in [3.8, 4) is 11.4 Å². The molecule has 0 amide bonds. The highest BCUT2D eigenvalue weighted by Crippen LogP contribution is 2.24. The van der Waals surface area contributed by atoms with Gasteiger partial charge in [-0.2, -0.15) is 10.2 Å². The third-order valence-corrected chi connectivity index (χ3v) is 2.88. The molecule has 0 fully saturated rings. The van der Waals surface area contributed by atoms with Crippen molar-refractivity contribution in [2.75, 3.05) is 0 Å². The molecule has 0 aliphatic heterocycles. The van der Waals surface area contributed by atoms with Gasteiger partial charge in [0.1, 0.15) is 5.82 Å². The van der Waals surface area contributed by atoms with Gasteiger partial charge in [0, 0.05) is 17.7 Å². The number of aromatic amines is 1. The van der Waals surface area contributed by atoms with Gasteiger partial charge in [-0.05, 0) is 19.9 Å². The summed E-state index contributed by atoms with van der Waals surface area (Å²) in [6.07, 6.45) is 0. The second-order valence-electron chi connectivity index (χ2n) is 4.35. The lowest BCUT2D eigenvalue weighted by Crippen LogP contribution is -1.94. The summed E-state index contributed by atoms with van der Waals surface area (Å²) < 4.78 is 26.3. The smallest absolute Gasteiger partial charge is 0.161 e. The molecule has 0 aliphatic rings. The van der Waals surface area contributed by atoms with E-state index in [0.717, 1.165) is 23.4 Å². The highest BCUT2D eigenvalue weighted by molar-refractivity contribution is 5.79. The summed E-state index contributed by atoms with van der Waals surface area (Å²) in [5, 5.41) is 7.94. The maximum Gasteiger partial charge on any atom is 0.161 e. The normalized spacial score (nSPS) is 11.2. The van der Waals surface area contributed by atoms with Crippen LogP contribution in [0.5, 0.6) is 0 Å². The zero-order valence-electron chi connectivity index (χ0n) is 10.3. The molecule has 0 saturated heterocycles. The lowest BCUT2D eigenvalue weighted by molar-refractivity contribution is 0.510. The van der Waals surface area contributed by atoms with Crippen molar-refractivity contribution in [2.24, 2.45) is 0 Å². The Labute approximate surface area is 107 Å². The quantitative estimate of drug-likeness (QED) is 0.732. The van der Waals surface area contributed by atoms with E-state index >= 15 is 0 Å². The van der Waals surface area contributed by atoms with Crippen molar-refractivity contribution in [3.05, 3.63) is 41.2 Å². The van der Waals surface area contributed by atoms with E-state index in [1.54, 1.807) is 6.92 Å². The van der Waals surface area contributed by atoms with Crippen LogP contribution in [0.15, 0.2) is 18.2 Å². The third-order valence-electron chi connectivity index (χ3n) is 2.88. The fourth-order valence-corrected chi connectivity index (χ4v) is 1.92. The van der Waals surface area contributed by atoms with Crippen molar-refractivity contribution in [3.63, 3.8) is 0 Å². The fourth-order valence-electron chi connectivity index (χ4n) is 1.92. The van der Waals surface area contributed by atoms with Crippen LogP contribution in [0.3, 0.4) is 0 Å². The summed E-state index contributed by atoms with van der Waals surface area (Å²) in [6, 6.07) is 3.99. The molecule has 96 valence electrons. The number of H-pyrrole nitrogens is 1. The van der Waals surface area contributed by atoms with Gasteiger partial charge in [0.05, 0.1) is 22.4 Å². The second kappa shape index (κ2) is 4.08.